The summed E-state index contributed by atoms with van der Waals surface area (Å²) in [7, 11) is 0. The average Bonchev–Trinajstić information content (AvgIpc) is 2.50. The van der Waals surface area contributed by atoms with Gasteiger partial charge in [-0.2, -0.15) is 0 Å². The van der Waals surface area contributed by atoms with Crippen molar-refractivity contribution in [3.05, 3.63) is 35.4 Å². The van der Waals surface area contributed by atoms with Crippen LogP contribution in [-0.2, 0) is 6.42 Å². The summed E-state index contributed by atoms with van der Waals surface area (Å²) >= 11 is 0. The maximum absolute atomic E-state index is 13.5. The third-order valence-corrected chi connectivity index (χ3v) is 4.04. The van der Waals surface area contributed by atoms with E-state index < -0.39 is 11.6 Å². The van der Waals surface area contributed by atoms with Crippen LogP contribution >= 0.6 is 0 Å². The van der Waals surface area contributed by atoms with E-state index in [9.17, 15) is 13.6 Å². The molecule has 0 saturated carbocycles. The standard InChI is InChI=1S/C16H22F2N2O2/c17-13-5-4-12(15(18)11-13)6-8-19-16(22)20-9-2-1-3-14(20)7-10-21/h4-5,11,14,21H,1-3,6-10H2,(H,19,22)/t14-/m0/s1. The summed E-state index contributed by atoms with van der Waals surface area (Å²) in [4.78, 5) is 13.9. The first kappa shape index (κ1) is 16.7. The Morgan fingerprint density at radius 2 is 2.18 bits per heavy atom. The van der Waals surface area contributed by atoms with Gasteiger partial charge in [0.2, 0.25) is 0 Å². The molecule has 122 valence electrons. The van der Waals surface area contributed by atoms with E-state index in [1.54, 1.807) is 4.90 Å². The summed E-state index contributed by atoms with van der Waals surface area (Å²) in [5.74, 6) is -1.20. The molecule has 1 saturated heterocycles. The fourth-order valence-electron chi connectivity index (χ4n) is 2.85. The Bertz CT molecular complexity index is 509. The van der Waals surface area contributed by atoms with E-state index in [4.69, 9.17) is 5.11 Å². The zero-order chi connectivity index (χ0) is 15.9. The van der Waals surface area contributed by atoms with Crippen LogP contribution in [0.5, 0.6) is 0 Å². The number of halogens is 2. The van der Waals surface area contributed by atoms with Gasteiger partial charge in [-0.25, -0.2) is 13.6 Å². The molecule has 22 heavy (non-hydrogen) atoms. The summed E-state index contributed by atoms with van der Waals surface area (Å²) in [5.41, 5.74) is 0.382. The number of aliphatic hydroxyl groups is 1. The normalized spacial score (nSPS) is 18.3. The molecule has 2 N–H and O–H groups in total. The molecule has 1 atom stereocenters. The van der Waals surface area contributed by atoms with E-state index in [1.807, 2.05) is 0 Å². The van der Waals surface area contributed by atoms with Gasteiger partial charge in [0, 0.05) is 31.8 Å². The lowest BCUT2D eigenvalue weighted by Crippen LogP contribution is -2.49. The molecule has 4 nitrogen and oxygen atoms in total. The molecule has 2 rings (SSSR count). The average molecular weight is 312 g/mol. The Labute approximate surface area is 129 Å². The molecule has 0 aromatic heterocycles. The first-order valence-electron chi connectivity index (χ1n) is 7.71. The van der Waals surface area contributed by atoms with Crippen LogP contribution in [0.1, 0.15) is 31.2 Å². The Balaban J connectivity index is 1.83. The molecular weight excluding hydrogens is 290 g/mol. The van der Waals surface area contributed by atoms with Crippen LogP contribution in [0.3, 0.4) is 0 Å². The number of amides is 2. The van der Waals surface area contributed by atoms with Crippen LogP contribution in [0.4, 0.5) is 13.6 Å². The van der Waals surface area contributed by atoms with E-state index in [0.29, 0.717) is 31.5 Å². The van der Waals surface area contributed by atoms with E-state index in [1.165, 1.54) is 12.1 Å². The molecule has 1 aromatic rings. The second-order valence-corrected chi connectivity index (χ2v) is 5.57. The number of carbonyl (C=O) groups excluding carboxylic acids is 1. The Hall–Kier alpha value is -1.69. The molecule has 1 aliphatic rings. The first-order chi connectivity index (χ1) is 10.6. The van der Waals surface area contributed by atoms with Crippen LogP contribution in [0.2, 0.25) is 0 Å². The smallest absolute Gasteiger partial charge is 0.317 e. The molecule has 0 aliphatic carbocycles. The van der Waals surface area contributed by atoms with E-state index in [-0.39, 0.29) is 18.7 Å². The van der Waals surface area contributed by atoms with Gasteiger partial charge in [-0.05, 0) is 43.7 Å². The molecular formula is C16H22F2N2O2. The van der Waals surface area contributed by atoms with Crippen molar-refractivity contribution in [1.29, 1.82) is 0 Å². The zero-order valence-electron chi connectivity index (χ0n) is 12.5. The number of urea groups is 1. The highest BCUT2D eigenvalue weighted by molar-refractivity contribution is 5.74. The van der Waals surface area contributed by atoms with Crippen molar-refractivity contribution in [3.63, 3.8) is 0 Å². The van der Waals surface area contributed by atoms with Crippen LogP contribution in [-0.4, -0.2) is 41.8 Å². The predicted octanol–water partition coefficient (Wildman–Crippen LogP) is 2.45. The van der Waals surface area contributed by atoms with Crippen LogP contribution in [0, 0.1) is 11.6 Å². The summed E-state index contributed by atoms with van der Waals surface area (Å²) in [6, 6.07) is 3.34. The van der Waals surface area contributed by atoms with Gasteiger partial charge in [-0.15, -0.1) is 0 Å². The van der Waals surface area contributed by atoms with Crippen molar-refractivity contribution >= 4 is 6.03 Å². The van der Waals surface area contributed by atoms with Crippen molar-refractivity contribution in [1.82, 2.24) is 10.2 Å². The van der Waals surface area contributed by atoms with E-state index >= 15 is 0 Å². The first-order valence-corrected chi connectivity index (χ1v) is 7.71. The molecule has 0 unspecified atom stereocenters. The minimum atomic E-state index is -0.606. The van der Waals surface area contributed by atoms with Gasteiger partial charge in [0.25, 0.3) is 0 Å². The Morgan fingerprint density at radius 1 is 1.36 bits per heavy atom. The van der Waals surface area contributed by atoms with Crippen molar-refractivity contribution in [2.24, 2.45) is 0 Å². The molecule has 6 heteroatoms. The maximum atomic E-state index is 13.5. The minimum Gasteiger partial charge on any atom is -0.396 e. The highest BCUT2D eigenvalue weighted by Gasteiger charge is 2.25. The molecule has 0 bridgehead atoms. The Kier molecular flexibility index (Phi) is 6.12. The van der Waals surface area contributed by atoms with E-state index in [0.717, 1.165) is 25.3 Å². The number of piperidine rings is 1. The van der Waals surface area contributed by atoms with Gasteiger partial charge in [0.05, 0.1) is 0 Å². The van der Waals surface area contributed by atoms with Crippen molar-refractivity contribution in [2.75, 3.05) is 19.7 Å². The molecule has 0 spiro atoms. The molecule has 1 fully saturated rings. The van der Waals surface area contributed by atoms with Gasteiger partial charge < -0.3 is 15.3 Å². The van der Waals surface area contributed by atoms with E-state index in [2.05, 4.69) is 5.32 Å². The fourth-order valence-corrected chi connectivity index (χ4v) is 2.85. The van der Waals surface area contributed by atoms with Crippen LogP contribution < -0.4 is 5.32 Å². The number of aliphatic hydroxyl groups excluding tert-OH is 1. The lowest BCUT2D eigenvalue weighted by Gasteiger charge is -2.35. The number of carbonyl (C=O) groups is 1. The largest absolute Gasteiger partial charge is 0.396 e. The number of likely N-dealkylation sites (tertiary alicyclic amines) is 1. The van der Waals surface area contributed by atoms with Gasteiger partial charge in [0.15, 0.2) is 0 Å². The summed E-state index contributed by atoms with van der Waals surface area (Å²) < 4.78 is 26.3. The number of benzene rings is 1. The fraction of sp³-hybridized carbons (Fsp3) is 0.562. The molecule has 1 aromatic carbocycles. The van der Waals surface area contributed by atoms with Gasteiger partial charge >= 0.3 is 6.03 Å². The van der Waals surface area contributed by atoms with Gasteiger partial charge in [-0.3, -0.25) is 0 Å². The lowest BCUT2D eigenvalue weighted by atomic mass is 10.0. The van der Waals surface area contributed by atoms with Crippen molar-refractivity contribution in [3.8, 4) is 0 Å². The number of hydrogen-bond acceptors (Lipinski definition) is 2. The summed E-state index contributed by atoms with van der Waals surface area (Å²) in [6.07, 6.45) is 3.83. The predicted molar refractivity (Wildman–Crippen MR) is 79.5 cm³/mol. The van der Waals surface area contributed by atoms with Crippen LogP contribution in [0.15, 0.2) is 18.2 Å². The second kappa shape index (κ2) is 8.08. The minimum absolute atomic E-state index is 0.0647. The van der Waals surface area contributed by atoms with Crippen molar-refractivity contribution < 1.29 is 18.7 Å². The van der Waals surface area contributed by atoms with Gasteiger partial charge in [0.1, 0.15) is 11.6 Å². The zero-order valence-corrected chi connectivity index (χ0v) is 12.5. The maximum Gasteiger partial charge on any atom is 0.317 e. The Morgan fingerprint density at radius 3 is 2.91 bits per heavy atom. The van der Waals surface area contributed by atoms with Crippen molar-refractivity contribution in [2.45, 2.75) is 38.1 Å². The molecule has 0 radical (unpaired) electrons. The lowest BCUT2D eigenvalue weighted by molar-refractivity contribution is 0.132. The topological polar surface area (TPSA) is 52.6 Å². The number of nitrogens with zero attached hydrogens (tertiary/aromatic N) is 1. The third kappa shape index (κ3) is 4.40. The molecule has 2 amide bonds. The second-order valence-electron chi connectivity index (χ2n) is 5.57. The number of nitrogens with one attached hydrogen (secondary N) is 1. The van der Waals surface area contributed by atoms with Crippen LogP contribution in [0.25, 0.3) is 0 Å². The quantitative estimate of drug-likeness (QED) is 0.877. The molecule has 1 heterocycles. The third-order valence-electron chi connectivity index (χ3n) is 4.04. The molecule has 1 aliphatic heterocycles. The highest BCUT2D eigenvalue weighted by Crippen LogP contribution is 2.19. The van der Waals surface area contributed by atoms with Gasteiger partial charge in [-0.1, -0.05) is 6.07 Å². The summed E-state index contributed by atoms with van der Waals surface area (Å²) in [6.45, 7) is 1.04. The number of rotatable bonds is 5. The monoisotopic (exact) mass is 312 g/mol. The SMILES string of the molecule is O=C(NCCc1ccc(F)cc1F)N1CCCC[C@H]1CCO. The summed E-state index contributed by atoms with van der Waals surface area (Å²) in [5, 5.41) is 11.8. The number of hydrogen-bond donors (Lipinski definition) is 2. The highest BCUT2D eigenvalue weighted by atomic mass is 19.1.